The first-order valence-corrected chi connectivity index (χ1v) is 9.51. The van der Waals surface area contributed by atoms with Gasteiger partial charge in [0.2, 0.25) is 17.7 Å². The molecule has 2 bridgehead atoms. The van der Waals surface area contributed by atoms with Gasteiger partial charge in [-0.25, -0.2) is 0 Å². The van der Waals surface area contributed by atoms with Crippen molar-refractivity contribution in [3.63, 3.8) is 0 Å². The number of hydrogen-bond donors (Lipinski definition) is 1. The van der Waals surface area contributed by atoms with Gasteiger partial charge in [0.25, 0.3) is 0 Å². The van der Waals surface area contributed by atoms with Gasteiger partial charge in [0, 0.05) is 11.8 Å². The molecule has 1 N–H and O–H groups in total. The third kappa shape index (κ3) is 2.28. The van der Waals surface area contributed by atoms with Crippen LogP contribution >= 0.6 is 0 Å². The van der Waals surface area contributed by atoms with Gasteiger partial charge in [0.15, 0.2) is 0 Å². The van der Waals surface area contributed by atoms with Crippen LogP contribution in [0.3, 0.4) is 0 Å². The number of imide groups is 1. The lowest BCUT2D eigenvalue weighted by molar-refractivity contribution is -0.146. The fourth-order valence-electron chi connectivity index (χ4n) is 5.43. The molecule has 3 amide bonds. The van der Waals surface area contributed by atoms with E-state index in [1.54, 1.807) is 38.3 Å². The molecule has 4 aliphatic carbocycles. The van der Waals surface area contributed by atoms with E-state index in [2.05, 4.69) is 17.5 Å². The molecule has 6 nitrogen and oxygen atoms in total. The Kier molecular flexibility index (Phi) is 3.48. The molecule has 5 aliphatic rings. The predicted molar refractivity (Wildman–Crippen MR) is 97.6 cm³/mol. The Hall–Kier alpha value is -2.63. The topological polar surface area (TPSA) is 75.7 Å². The Balaban J connectivity index is 1.36. The number of likely N-dealkylation sites (tertiary alicyclic amines) is 1. The first-order valence-electron chi connectivity index (χ1n) is 9.51. The Bertz CT molecular complexity index is 843. The van der Waals surface area contributed by atoms with Crippen molar-refractivity contribution in [2.24, 2.45) is 35.5 Å². The van der Waals surface area contributed by atoms with Gasteiger partial charge in [0.05, 0.1) is 18.9 Å². The number of amides is 3. The molecule has 1 heterocycles. The first-order chi connectivity index (χ1) is 13.0. The normalized spacial score (nSPS) is 36.3. The van der Waals surface area contributed by atoms with E-state index in [1.165, 1.54) is 4.90 Å². The summed E-state index contributed by atoms with van der Waals surface area (Å²) in [5.74, 6) is 0.797. The molecule has 140 valence electrons. The molecule has 3 fully saturated rings. The van der Waals surface area contributed by atoms with Crippen LogP contribution in [0.15, 0.2) is 36.4 Å². The third-order valence-corrected chi connectivity index (χ3v) is 6.80. The Labute approximate surface area is 157 Å². The van der Waals surface area contributed by atoms with E-state index in [0.29, 0.717) is 23.3 Å². The molecule has 6 rings (SSSR count). The number of methoxy groups -OCH3 is 1. The molecule has 2 saturated carbocycles. The average molecular weight is 366 g/mol. The van der Waals surface area contributed by atoms with Gasteiger partial charge in [0.1, 0.15) is 11.8 Å². The standard InChI is InChI=1S/C21H22N2O4/c1-10(19(24)22-11-4-3-5-12(8-11)27-2)23-20(25)17-13-6-7-14(16-9-15(13)16)18(17)21(23)26/h3-8,10,13-18H,9H2,1-2H3,(H,22,24)/t10-,13-,14-,15-,16+,17-,18+/m0/s1. The molecular formula is C21H22N2O4. The van der Waals surface area contributed by atoms with E-state index in [4.69, 9.17) is 4.74 Å². The van der Waals surface area contributed by atoms with Crippen molar-refractivity contribution >= 4 is 23.4 Å². The first kappa shape index (κ1) is 16.5. The molecule has 0 spiro atoms. The van der Waals surface area contributed by atoms with Crippen LogP contribution in [0.2, 0.25) is 0 Å². The average Bonchev–Trinajstić information content (AvgIpc) is 3.45. The van der Waals surface area contributed by atoms with Gasteiger partial charge >= 0.3 is 0 Å². The summed E-state index contributed by atoms with van der Waals surface area (Å²) in [6.45, 7) is 1.62. The molecule has 6 heteroatoms. The van der Waals surface area contributed by atoms with Crippen molar-refractivity contribution in [1.29, 1.82) is 0 Å². The van der Waals surface area contributed by atoms with Gasteiger partial charge in [-0.15, -0.1) is 0 Å². The van der Waals surface area contributed by atoms with E-state index in [-0.39, 0.29) is 41.4 Å². The van der Waals surface area contributed by atoms with Crippen LogP contribution < -0.4 is 10.1 Å². The van der Waals surface area contributed by atoms with Crippen molar-refractivity contribution in [2.45, 2.75) is 19.4 Å². The van der Waals surface area contributed by atoms with Crippen LogP contribution in [-0.4, -0.2) is 35.8 Å². The Morgan fingerprint density at radius 1 is 1.15 bits per heavy atom. The number of allylic oxidation sites excluding steroid dienone is 2. The van der Waals surface area contributed by atoms with Crippen LogP contribution in [-0.2, 0) is 14.4 Å². The maximum atomic E-state index is 13.1. The number of nitrogens with zero attached hydrogens (tertiary/aromatic N) is 1. The second-order valence-corrected chi connectivity index (χ2v) is 8.10. The summed E-state index contributed by atoms with van der Waals surface area (Å²) in [5, 5.41) is 2.79. The minimum Gasteiger partial charge on any atom is -0.497 e. The zero-order valence-corrected chi connectivity index (χ0v) is 15.3. The van der Waals surface area contributed by atoms with Gasteiger partial charge in [-0.2, -0.15) is 0 Å². The highest BCUT2D eigenvalue weighted by atomic mass is 16.5. The monoisotopic (exact) mass is 366 g/mol. The molecule has 1 aliphatic heterocycles. The van der Waals surface area contributed by atoms with Gasteiger partial charge in [-0.05, 0) is 49.1 Å². The molecule has 0 radical (unpaired) electrons. The van der Waals surface area contributed by atoms with Crippen LogP contribution in [0.5, 0.6) is 5.75 Å². The summed E-state index contributed by atoms with van der Waals surface area (Å²) >= 11 is 0. The van der Waals surface area contributed by atoms with Crippen molar-refractivity contribution in [3.8, 4) is 5.75 Å². The lowest BCUT2D eigenvalue weighted by Gasteiger charge is -2.37. The molecule has 0 unspecified atom stereocenters. The van der Waals surface area contributed by atoms with Crippen molar-refractivity contribution in [3.05, 3.63) is 36.4 Å². The van der Waals surface area contributed by atoms with Crippen molar-refractivity contribution in [1.82, 2.24) is 4.90 Å². The molecule has 0 aromatic heterocycles. The van der Waals surface area contributed by atoms with Gasteiger partial charge < -0.3 is 10.1 Å². The predicted octanol–water partition coefficient (Wildman–Crippen LogP) is 2.08. The Morgan fingerprint density at radius 2 is 1.78 bits per heavy atom. The highest BCUT2D eigenvalue weighted by molar-refractivity contribution is 6.10. The molecule has 1 aromatic rings. The highest BCUT2D eigenvalue weighted by Gasteiger charge is 2.67. The van der Waals surface area contributed by atoms with E-state index in [0.717, 1.165) is 6.42 Å². The zero-order chi connectivity index (χ0) is 18.9. The largest absolute Gasteiger partial charge is 0.497 e. The number of benzene rings is 1. The summed E-state index contributed by atoms with van der Waals surface area (Å²) in [4.78, 5) is 40.1. The van der Waals surface area contributed by atoms with E-state index >= 15 is 0 Å². The number of carbonyl (C=O) groups excluding carboxylic acids is 3. The summed E-state index contributed by atoms with van der Waals surface area (Å²) in [6, 6.07) is 6.17. The van der Waals surface area contributed by atoms with Crippen LogP contribution in [0.4, 0.5) is 5.69 Å². The Morgan fingerprint density at radius 3 is 2.37 bits per heavy atom. The molecule has 1 saturated heterocycles. The SMILES string of the molecule is COc1cccc(NC(=O)[C@H](C)N2C(=O)[C@@H]3[C@H]4C=C[C@@H]([C@@H]5C[C@H]45)[C@@H]3C2=O)c1. The van der Waals surface area contributed by atoms with Gasteiger partial charge in [-0.3, -0.25) is 19.3 Å². The summed E-state index contributed by atoms with van der Waals surface area (Å²) in [6.07, 6.45) is 5.40. The van der Waals surface area contributed by atoms with Crippen molar-refractivity contribution < 1.29 is 19.1 Å². The maximum absolute atomic E-state index is 13.1. The number of nitrogens with one attached hydrogen (secondary N) is 1. The summed E-state index contributed by atoms with van der Waals surface area (Å²) < 4.78 is 5.16. The van der Waals surface area contributed by atoms with Crippen molar-refractivity contribution in [2.75, 3.05) is 12.4 Å². The number of rotatable bonds is 4. The van der Waals surface area contributed by atoms with Crippen LogP contribution in [0, 0.1) is 35.5 Å². The van der Waals surface area contributed by atoms with E-state index in [9.17, 15) is 14.4 Å². The lowest BCUT2D eigenvalue weighted by Crippen LogP contribution is -2.46. The minimum atomic E-state index is -0.836. The highest BCUT2D eigenvalue weighted by Crippen LogP contribution is 2.65. The maximum Gasteiger partial charge on any atom is 0.247 e. The number of anilines is 1. The minimum absolute atomic E-state index is 0.167. The molecular weight excluding hydrogens is 344 g/mol. The summed E-state index contributed by atoms with van der Waals surface area (Å²) in [7, 11) is 1.56. The van der Waals surface area contributed by atoms with Crippen LogP contribution in [0.25, 0.3) is 0 Å². The molecule has 7 atom stereocenters. The van der Waals surface area contributed by atoms with Crippen LogP contribution in [0.1, 0.15) is 13.3 Å². The summed E-state index contributed by atoms with van der Waals surface area (Å²) in [5.41, 5.74) is 0.575. The van der Waals surface area contributed by atoms with E-state index in [1.807, 2.05) is 0 Å². The number of carbonyl (C=O) groups is 3. The van der Waals surface area contributed by atoms with E-state index < -0.39 is 6.04 Å². The zero-order valence-electron chi connectivity index (χ0n) is 15.3. The quantitative estimate of drug-likeness (QED) is 0.654. The molecule has 1 aromatic carbocycles. The number of hydrogen-bond acceptors (Lipinski definition) is 4. The second kappa shape index (κ2) is 5.68. The fraction of sp³-hybridized carbons (Fsp3) is 0.476. The number of ether oxygens (including phenoxy) is 1. The second-order valence-electron chi connectivity index (χ2n) is 8.10. The fourth-order valence-corrected chi connectivity index (χ4v) is 5.43. The molecule has 27 heavy (non-hydrogen) atoms. The smallest absolute Gasteiger partial charge is 0.247 e. The third-order valence-electron chi connectivity index (χ3n) is 6.80. The van der Waals surface area contributed by atoms with Gasteiger partial charge in [-0.1, -0.05) is 18.2 Å². The lowest BCUT2D eigenvalue weighted by atomic mass is 9.63.